The van der Waals surface area contributed by atoms with Crippen molar-refractivity contribution in [1.82, 2.24) is 9.61 Å². The van der Waals surface area contributed by atoms with E-state index in [0.717, 1.165) is 27.5 Å². The van der Waals surface area contributed by atoms with Gasteiger partial charge < -0.3 is 10.2 Å². The molecule has 0 saturated heterocycles. The second kappa shape index (κ2) is 5.66. The summed E-state index contributed by atoms with van der Waals surface area (Å²) in [5, 5.41) is 8.46. The average molecular weight is 301 g/mol. The van der Waals surface area contributed by atoms with Crippen LogP contribution in [0, 0.1) is 0 Å². The second-order valence-electron chi connectivity index (χ2n) is 5.11. The van der Waals surface area contributed by atoms with E-state index in [4.69, 9.17) is 11.6 Å². The molecule has 1 N–H and O–H groups in total. The summed E-state index contributed by atoms with van der Waals surface area (Å²) in [7, 11) is 3.96. The molecule has 3 aromatic rings. The van der Waals surface area contributed by atoms with Crippen LogP contribution in [-0.4, -0.2) is 23.7 Å². The minimum atomic E-state index is 0.713. The molecule has 5 heteroatoms. The molecule has 0 radical (unpaired) electrons. The maximum atomic E-state index is 6.28. The monoisotopic (exact) mass is 300 g/mol. The third-order valence-electron chi connectivity index (χ3n) is 3.42. The number of aromatic nitrogens is 2. The fraction of sp³-hybridized carbons (Fsp3) is 0.188. The van der Waals surface area contributed by atoms with Gasteiger partial charge in [-0.1, -0.05) is 17.7 Å². The number of hydrogen-bond donors (Lipinski definition) is 1. The molecule has 0 amide bonds. The summed E-state index contributed by atoms with van der Waals surface area (Å²) in [6, 6.07) is 12.0. The zero-order valence-corrected chi connectivity index (χ0v) is 12.8. The van der Waals surface area contributed by atoms with Gasteiger partial charge in [-0.2, -0.15) is 5.10 Å². The van der Waals surface area contributed by atoms with E-state index < -0.39 is 0 Å². The van der Waals surface area contributed by atoms with E-state index in [1.165, 1.54) is 0 Å². The Kier molecular flexibility index (Phi) is 3.71. The van der Waals surface area contributed by atoms with E-state index in [1.807, 2.05) is 66.2 Å². The van der Waals surface area contributed by atoms with Gasteiger partial charge in [-0.25, -0.2) is 4.52 Å². The minimum absolute atomic E-state index is 0.713. The van der Waals surface area contributed by atoms with E-state index in [1.54, 1.807) is 0 Å². The molecule has 0 atom stereocenters. The summed E-state index contributed by atoms with van der Waals surface area (Å²) < 4.78 is 1.87. The minimum Gasteiger partial charge on any atom is -0.381 e. The van der Waals surface area contributed by atoms with Crippen molar-refractivity contribution in [3.63, 3.8) is 0 Å². The largest absolute Gasteiger partial charge is 0.381 e. The van der Waals surface area contributed by atoms with Crippen molar-refractivity contribution in [3.05, 3.63) is 59.4 Å². The third kappa shape index (κ3) is 2.81. The zero-order chi connectivity index (χ0) is 14.8. The molecule has 0 spiro atoms. The molecule has 0 saturated carbocycles. The molecule has 1 aromatic carbocycles. The van der Waals surface area contributed by atoms with Crippen molar-refractivity contribution in [2.24, 2.45) is 0 Å². The van der Waals surface area contributed by atoms with E-state index >= 15 is 0 Å². The van der Waals surface area contributed by atoms with E-state index in [0.29, 0.717) is 6.54 Å². The van der Waals surface area contributed by atoms with Crippen LogP contribution < -0.4 is 10.2 Å². The Hall–Kier alpha value is -2.20. The summed E-state index contributed by atoms with van der Waals surface area (Å²) in [5.74, 6) is 0. The molecule has 0 aliphatic heterocycles. The molecule has 0 bridgehead atoms. The highest BCUT2D eigenvalue weighted by Gasteiger charge is 2.05. The summed E-state index contributed by atoms with van der Waals surface area (Å²) >= 11 is 6.28. The molecular weight excluding hydrogens is 284 g/mol. The van der Waals surface area contributed by atoms with Crippen LogP contribution in [0.4, 0.5) is 11.4 Å². The SMILES string of the molecule is CN(C)c1ccc(NCc2cnn3ccccc23)cc1Cl. The highest BCUT2D eigenvalue weighted by molar-refractivity contribution is 6.33. The Morgan fingerprint density at radius 2 is 2.10 bits per heavy atom. The first-order valence-electron chi connectivity index (χ1n) is 6.77. The van der Waals surface area contributed by atoms with E-state index in [2.05, 4.69) is 16.5 Å². The topological polar surface area (TPSA) is 32.6 Å². The van der Waals surface area contributed by atoms with Crippen molar-refractivity contribution in [2.45, 2.75) is 6.54 Å². The van der Waals surface area contributed by atoms with Gasteiger partial charge in [-0.3, -0.25) is 0 Å². The van der Waals surface area contributed by atoms with Gasteiger partial charge in [0, 0.05) is 38.1 Å². The van der Waals surface area contributed by atoms with E-state index in [9.17, 15) is 0 Å². The van der Waals surface area contributed by atoms with Gasteiger partial charge in [-0.05, 0) is 30.3 Å². The van der Waals surface area contributed by atoms with Crippen LogP contribution >= 0.6 is 11.6 Å². The van der Waals surface area contributed by atoms with Crippen LogP contribution in [0.15, 0.2) is 48.8 Å². The fourth-order valence-corrected chi connectivity index (χ4v) is 2.65. The summed E-state index contributed by atoms with van der Waals surface area (Å²) in [6.07, 6.45) is 3.83. The second-order valence-corrected chi connectivity index (χ2v) is 5.52. The maximum Gasteiger partial charge on any atom is 0.0711 e. The Bertz CT molecular complexity index is 764. The summed E-state index contributed by atoms with van der Waals surface area (Å²) in [6.45, 7) is 0.713. The Morgan fingerprint density at radius 3 is 2.86 bits per heavy atom. The first-order valence-corrected chi connectivity index (χ1v) is 7.15. The number of hydrogen-bond acceptors (Lipinski definition) is 3. The fourth-order valence-electron chi connectivity index (χ4n) is 2.30. The van der Waals surface area contributed by atoms with Gasteiger partial charge in [0.1, 0.15) is 0 Å². The van der Waals surface area contributed by atoms with Gasteiger partial charge >= 0.3 is 0 Å². The molecule has 108 valence electrons. The molecule has 2 heterocycles. The number of anilines is 2. The quantitative estimate of drug-likeness (QED) is 0.798. The Morgan fingerprint density at radius 1 is 1.24 bits per heavy atom. The number of halogens is 1. The maximum absolute atomic E-state index is 6.28. The first kappa shape index (κ1) is 13.8. The lowest BCUT2D eigenvalue weighted by molar-refractivity contribution is 0.961. The lowest BCUT2D eigenvalue weighted by Crippen LogP contribution is -2.09. The lowest BCUT2D eigenvalue weighted by atomic mass is 10.2. The predicted octanol–water partition coefficient (Wildman–Crippen LogP) is 3.67. The van der Waals surface area contributed by atoms with Crippen LogP contribution in [-0.2, 0) is 6.54 Å². The Balaban J connectivity index is 1.77. The van der Waals surface area contributed by atoms with Crippen LogP contribution in [0.25, 0.3) is 5.52 Å². The number of benzene rings is 1. The lowest BCUT2D eigenvalue weighted by Gasteiger charge is -2.15. The molecule has 3 rings (SSSR count). The van der Waals surface area contributed by atoms with Crippen LogP contribution in [0.2, 0.25) is 5.02 Å². The molecule has 21 heavy (non-hydrogen) atoms. The van der Waals surface area contributed by atoms with Crippen molar-refractivity contribution >= 4 is 28.5 Å². The van der Waals surface area contributed by atoms with Crippen LogP contribution in [0.3, 0.4) is 0 Å². The van der Waals surface area contributed by atoms with Crippen molar-refractivity contribution in [1.29, 1.82) is 0 Å². The Labute approximate surface area is 129 Å². The number of pyridine rings is 1. The standard InChI is InChI=1S/C16H17ClN4/c1-20(2)16-7-6-13(9-14(16)17)18-10-12-11-19-21-8-4-3-5-15(12)21/h3-9,11,18H,10H2,1-2H3. The molecule has 0 aliphatic carbocycles. The van der Waals surface area contributed by atoms with Gasteiger partial charge in [0.25, 0.3) is 0 Å². The van der Waals surface area contributed by atoms with Gasteiger partial charge in [0.05, 0.1) is 22.4 Å². The summed E-state index contributed by atoms with van der Waals surface area (Å²) in [5.41, 5.74) is 4.28. The highest BCUT2D eigenvalue weighted by Crippen LogP contribution is 2.27. The van der Waals surface area contributed by atoms with Crippen molar-refractivity contribution in [3.8, 4) is 0 Å². The molecule has 0 aliphatic rings. The van der Waals surface area contributed by atoms with Gasteiger partial charge in [-0.15, -0.1) is 0 Å². The number of nitrogens with one attached hydrogen (secondary N) is 1. The predicted molar refractivity (Wildman–Crippen MR) is 88.3 cm³/mol. The zero-order valence-electron chi connectivity index (χ0n) is 12.0. The smallest absolute Gasteiger partial charge is 0.0711 e. The average Bonchev–Trinajstić information content (AvgIpc) is 2.88. The van der Waals surface area contributed by atoms with E-state index in [-0.39, 0.29) is 0 Å². The molecule has 4 nitrogen and oxygen atoms in total. The number of rotatable bonds is 4. The number of nitrogens with zero attached hydrogens (tertiary/aromatic N) is 3. The van der Waals surface area contributed by atoms with Crippen molar-refractivity contribution < 1.29 is 0 Å². The molecular formula is C16H17ClN4. The van der Waals surface area contributed by atoms with Gasteiger partial charge in [0.15, 0.2) is 0 Å². The molecule has 0 unspecified atom stereocenters. The van der Waals surface area contributed by atoms with Crippen LogP contribution in [0.5, 0.6) is 0 Å². The molecule has 0 fully saturated rings. The van der Waals surface area contributed by atoms with Gasteiger partial charge in [0.2, 0.25) is 0 Å². The molecule has 2 aromatic heterocycles. The van der Waals surface area contributed by atoms with Crippen LogP contribution in [0.1, 0.15) is 5.56 Å². The first-order chi connectivity index (χ1) is 10.1. The highest BCUT2D eigenvalue weighted by atomic mass is 35.5. The third-order valence-corrected chi connectivity index (χ3v) is 3.72. The normalized spacial score (nSPS) is 10.8. The van der Waals surface area contributed by atoms with Crippen molar-refractivity contribution in [2.75, 3.05) is 24.3 Å². The number of fused-ring (bicyclic) bond motifs is 1. The summed E-state index contributed by atoms with van der Waals surface area (Å²) in [4.78, 5) is 2.00.